The Morgan fingerprint density at radius 3 is 2.33 bits per heavy atom. The number of ketones is 1. The van der Waals surface area contributed by atoms with Crippen LogP contribution in [-0.2, 0) is 11.2 Å². The van der Waals surface area contributed by atoms with Crippen LogP contribution in [0.5, 0.6) is 5.75 Å². The first-order valence-electron chi connectivity index (χ1n) is 8.22. The van der Waals surface area contributed by atoms with Crippen LogP contribution in [0.4, 0.5) is 0 Å². The van der Waals surface area contributed by atoms with Gasteiger partial charge in [0.05, 0.1) is 7.11 Å². The third-order valence-electron chi connectivity index (χ3n) is 4.75. The molecule has 0 aliphatic heterocycles. The van der Waals surface area contributed by atoms with Crippen molar-refractivity contribution in [1.29, 1.82) is 0 Å². The van der Waals surface area contributed by atoms with Crippen LogP contribution in [0.25, 0.3) is 0 Å². The molecule has 0 amide bonds. The molecule has 2 heteroatoms. The Bertz CT molecular complexity index is 453. The van der Waals surface area contributed by atoms with Crippen LogP contribution in [0.2, 0.25) is 0 Å². The molecule has 1 aromatic rings. The zero-order valence-electron chi connectivity index (χ0n) is 13.7. The predicted molar refractivity (Wildman–Crippen MR) is 86.7 cm³/mol. The van der Waals surface area contributed by atoms with Crippen molar-refractivity contribution in [3.05, 3.63) is 29.8 Å². The zero-order chi connectivity index (χ0) is 15.3. The van der Waals surface area contributed by atoms with Crippen molar-refractivity contribution >= 4 is 5.78 Å². The first-order chi connectivity index (χ1) is 10.1. The average molecular weight is 288 g/mol. The molecule has 2 rings (SSSR count). The molecule has 0 atom stereocenters. The molecule has 0 aromatic heterocycles. The largest absolute Gasteiger partial charge is 0.497 e. The standard InChI is InChI=1S/C19H28O2/c1-15(2)14-19(12-4-5-13-19)18(20)11-8-16-6-9-17(21-3)10-7-16/h6-7,9-10,15H,4-5,8,11-14H2,1-3H3. The highest BCUT2D eigenvalue weighted by atomic mass is 16.5. The summed E-state index contributed by atoms with van der Waals surface area (Å²) in [5.41, 5.74) is 1.21. The minimum absolute atomic E-state index is 0.0133. The number of ether oxygens (including phenoxy) is 1. The molecular formula is C19H28O2. The number of hydrogen-bond acceptors (Lipinski definition) is 2. The normalized spacial score (nSPS) is 17.1. The predicted octanol–water partition coefficient (Wildman–Crippen LogP) is 4.80. The Labute approximate surface area is 128 Å². The third-order valence-corrected chi connectivity index (χ3v) is 4.75. The fraction of sp³-hybridized carbons (Fsp3) is 0.632. The van der Waals surface area contributed by atoms with Crippen LogP contribution in [-0.4, -0.2) is 12.9 Å². The molecule has 1 saturated carbocycles. The van der Waals surface area contributed by atoms with Gasteiger partial charge >= 0.3 is 0 Å². The van der Waals surface area contributed by atoms with E-state index in [4.69, 9.17) is 4.74 Å². The van der Waals surface area contributed by atoms with Gasteiger partial charge in [-0.15, -0.1) is 0 Å². The maximum Gasteiger partial charge on any atom is 0.139 e. The molecule has 2 nitrogen and oxygen atoms in total. The van der Waals surface area contributed by atoms with Gasteiger partial charge in [0.15, 0.2) is 0 Å². The van der Waals surface area contributed by atoms with E-state index < -0.39 is 0 Å². The summed E-state index contributed by atoms with van der Waals surface area (Å²) in [7, 11) is 1.67. The van der Waals surface area contributed by atoms with E-state index in [1.165, 1.54) is 18.4 Å². The number of rotatable bonds is 7. The quantitative estimate of drug-likeness (QED) is 0.720. The number of Topliss-reactive ketones (excluding diaryl/α,β-unsaturated/α-hetero) is 1. The van der Waals surface area contributed by atoms with Crippen molar-refractivity contribution in [2.45, 2.75) is 58.8 Å². The molecule has 0 unspecified atom stereocenters. The average Bonchev–Trinajstić information content (AvgIpc) is 2.94. The Hall–Kier alpha value is -1.31. The van der Waals surface area contributed by atoms with Gasteiger partial charge < -0.3 is 4.74 Å². The van der Waals surface area contributed by atoms with Gasteiger partial charge in [0.25, 0.3) is 0 Å². The molecule has 116 valence electrons. The minimum atomic E-state index is -0.0133. The van der Waals surface area contributed by atoms with Gasteiger partial charge in [-0.3, -0.25) is 4.79 Å². The van der Waals surface area contributed by atoms with E-state index in [1.54, 1.807) is 7.11 Å². The molecule has 1 aliphatic carbocycles. The monoisotopic (exact) mass is 288 g/mol. The Balaban J connectivity index is 1.95. The number of hydrogen-bond donors (Lipinski definition) is 0. The fourth-order valence-electron chi connectivity index (χ4n) is 3.75. The maximum atomic E-state index is 12.8. The summed E-state index contributed by atoms with van der Waals surface area (Å²) in [4.78, 5) is 12.8. The van der Waals surface area contributed by atoms with E-state index in [0.29, 0.717) is 18.1 Å². The highest BCUT2D eigenvalue weighted by Crippen LogP contribution is 2.44. The van der Waals surface area contributed by atoms with Crippen LogP contribution >= 0.6 is 0 Å². The number of benzene rings is 1. The van der Waals surface area contributed by atoms with Gasteiger partial charge in [0, 0.05) is 11.8 Å². The van der Waals surface area contributed by atoms with Crippen molar-refractivity contribution in [2.24, 2.45) is 11.3 Å². The van der Waals surface area contributed by atoms with E-state index in [1.807, 2.05) is 12.1 Å². The Kier molecular flexibility index (Phi) is 5.44. The van der Waals surface area contributed by atoms with Crippen LogP contribution in [0.1, 0.15) is 57.9 Å². The molecule has 0 bridgehead atoms. The van der Waals surface area contributed by atoms with Gasteiger partial charge in [0.1, 0.15) is 11.5 Å². The molecule has 1 aromatic carbocycles. The van der Waals surface area contributed by atoms with Gasteiger partial charge in [-0.2, -0.15) is 0 Å². The summed E-state index contributed by atoms with van der Waals surface area (Å²) in [6, 6.07) is 8.07. The van der Waals surface area contributed by atoms with E-state index in [9.17, 15) is 4.79 Å². The minimum Gasteiger partial charge on any atom is -0.497 e. The number of carbonyl (C=O) groups excluding carboxylic acids is 1. The van der Waals surface area contributed by atoms with Gasteiger partial charge in [0.2, 0.25) is 0 Å². The molecule has 0 spiro atoms. The SMILES string of the molecule is COc1ccc(CCC(=O)C2(CC(C)C)CCCC2)cc1. The van der Waals surface area contributed by atoms with E-state index in [-0.39, 0.29) is 5.41 Å². The smallest absolute Gasteiger partial charge is 0.139 e. The second kappa shape index (κ2) is 7.11. The molecule has 0 N–H and O–H groups in total. The first-order valence-corrected chi connectivity index (χ1v) is 8.22. The highest BCUT2D eigenvalue weighted by Gasteiger charge is 2.40. The number of methoxy groups -OCH3 is 1. The summed E-state index contributed by atoms with van der Waals surface area (Å²) in [6.45, 7) is 4.47. The Morgan fingerprint density at radius 2 is 1.81 bits per heavy atom. The maximum absolute atomic E-state index is 12.8. The van der Waals surface area contributed by atoms with E-state index >= 15 is 0 Å². The summed E-state index contributed by atoms with van der Waals surface area (Å²) >= 11 is 0. The lowest BCUT2D eigenvalue weighted by molar-refractivity contribution is -0.129. The summed E-state index contributed by atoms with van der Waals surface area (Å²) < 4.78 is 5.17. The van der Waals surface area contributed by atoms with Crippen molar-refractivity contribution < 1.29 is 9.53 Å². The van der Waals surface area contributed by atoms with Crippen molar-refractivity contribution in [3.63, 3.8) is 0 Å². The Morgan fingerprint density at radius 1 is 1.19 bits per heavy atom. The number of carbonyl (C=O) groups is 1. The lowest BCUT2D eigenvalue weighted by atomic mass is 9.73. The molecular weight excluding hydrogens is 260 g/mol. The van der Waals surface area contributed by atoms with Crippen LogP contribution in [0, 0.1) is 11.3 Å². The second-order valence-corrected chi connectivity index (χ2v) is 6.86. The van der Waals surface area contributed by atoms with Gasteiger partial charge in [-0.25, -0.2) is 0 Å². The molecule has 1 aliphatic rings. The second-order valence-electron chi connectivity index (χ2n) is 6.86. The summed E-state index contributed by atoms with van der Waals surface area (Å²) in [6.07, 6.45) is 7.25. The summed E-state index contributed by atoms with van der Waals surface area (Å²) in [5.74, 6) is 1.97. The van der Waals surface area contributed by atoms with E-state index in [0.717, 1.165) is 31.4 Å². The van der Waals surface area contributed by atoms with E-state index in [2.05, 4.69) is 26.0 Å². The van der Waals surface area contributed by atoms with Crippen molar-refractivity contribution in [2.75, 3.05) is 7.11 Å². The van der Waals surface area contributed by atoms with Crippen LogP contribution in [0.3, 0.4) is 0 Å². The molecule has 0 saturated heterocycles. The highest BCUT2D eigenvalue weighted by molar-refractivity contribution is 5.85. The first kappa shape index (κ1) is 16.1. The molecule has 0 heterocycles. The van der Waals surface area contributed by atoms with Crippen molar-refractivity contribution in [3.8, 4) is 5.75 Å². The van der Waals surface area contributed by atoms with Crippen LogP contribution < -0.4 is 4.74 Å². The number of aryl methyl sites for hydroxylation is 1. The lowest BCUT2D eigenvalue weighted by Crippen LogP contribution is -2.30. The summed E-state index contributed by atoms with van der Waals surface area (Å²) in [5, 5.41) is 0. The van der Waals surface area contributed by atoms with Gasteiger partial charge in [-0.1, -0.05) is 38.8 Å². The molecule has 0 radical (unpaired) electrons. The van der Waals surface area contributed by atoms with Crippen LogP contribution in [0.15, 0.2) is 24.3 Å². The third kappa shape index (κ3) is 4.09. The molecule has 1 fully saturated rings. The topological polar surface area (TPSA) is 26.3 Å². The van der Waals surface area contributed by atoms with Gasteiger partial charge in [-0.05, 0) is 49.3 Å². The zero-order valence-corrected chi connectivity index (χ0v) is 13.7. The fourth-order valence-corrected chi connectivity index (χ4v) is 3.75. The lowest BCUT2D eigenvalue weighted by Gasteiger charge is -2.29. The van der Waals surface area contributed by atoms with Crippen molar-refractivity contribution in [1.82, 2.24) is 0 Å². The molecule has 21 heavy (non-hydrogen) atoms.